The molecule has 3 aromatic carbocycles. The number of unbranched alkanes of at least 4 members (excludes halogenated alkanes) is 1. The van der Waals surface area contributed by atoms with E-state index in [1.165, 1.54) is 28.8 Å². The maximum atomic E-state index is 13.4. The Morgan fingerprint density at radius 2 is 1.70 bits per heavy atom. The number of phenolic OH excluding ortho intramolecular Hbond substituents is 1. The SMILES string of the molecule is CCCCc1ccc(N2C(=O)C(Nc3cc(Cl)ccc3O)=C(Sc3ccccc3)C2=O)cc1. The summed E-state index contributed by atoms with van der Waals surface area (Å²) in [6.07, 6.45) is 3.13. The van der Waals surface area contributed by atoms with Crippen molar-refractivity contribution in [3.8, 4) is 5.75 Å². The molecule has 7 heteroatoms. The normalized spacial score (nSPS) is 13.7. The van der Waals surface area contributed by atoms with Crippen LogP contribution in [0.15, 0.2) is 88.3 Å². The Hall–Kier alpha value is -3.22. The predicted molar refractivity (Wildman–Crippen MR) is 134 cm³/mol. The van der Waals surface area contributed by atoms with Gasteiger partial charge in [-0.15, -0.1) is 0 Å². The molecule has 4 rings (SSSR count). The van der Waals surface area contributed by atoms with Gasteiger partial charge in [0.25, 0.3) is 11.8 Å². The first-order valence-electron chi connectivity index (χ1n) is 10.7. The number of hydrogen-bond acceptors (Lipinski definition) is 5. The summed E-state index contributed by atoms with van der Waals surface area (Å²) in [7, 11) is 0. The van der Waals surface area contributed by atoms with Gasteiger partial charge in [-0.25, -0.2) is 4.90 Å². The number of aromatic hydroxyl groups is 1. The lowest BCUT2D eigenvalue weighted by Gasteiger charge is -2.16. The van der Waals surface area contributed by atoms with Gasteiger partial charge in [-0.3, -0.25) is 9.59 Å². The van der Waals surface area contributed by atoms with Crippen LogP contribution < -0.4 is 10.2 Å². The molecule has 5 nitrogen and oxygen atoms in total. The number of thioether (sulfide) groups is 1. The Balaban J connectivity index is 1.70. The molecule has 0 aliphatic carbocycles. The minimum Gasteiger partial charge on any atom is -0.506 e. The molecule has 0 bridgehead atoms. The van der Waals surface area contributed by atoms with Crippen molar-refractivity contribution in [2.75, 3.05) is 10.2 Å². The third kappa shape index (κ3) is 5.07. The van der Waals surface area contributed by atoms with E-state index in [-0.39, 0.29) is 22.0 Å². The summed E-state index contributed by atoms with van der Waals surface area (Å²) in [6.45, 7) is 2.14. The third-order valence-electron chi connectivity index (χ3n) is 5.24. The van der Waals surface area contributed by atoms with Gasteiger partial charge in [-0.05, 0) is 60.9 Å². The van der Waals surface area contributed by atoms with E-state index in [9.17, 15) is 14.7 Å². The number of amides is 2. The monoisotopic (exact) mass is 478 g/mol. The second kappa shape index (κ2) is 10.1. The first-order chi connectivity index (χ1) is 16.0. The summed E-state index contributed by atoms with van der Waals surface area (Å²) in [5.41, 5.74) is 2.01. The minimum atomic E-state index is -0.487. The van der Waals surface area contributed by atoms with Crippen molar-refractivity contribution in [3.05, 3.63) is 94.0 Å². The molecule has 0 saturated carbocycles. The van der Waals surface area contributed by atoms with Crippen LogP contribution in [0.1, 0.15) is 25.3 Å². The predicted octanol–water partition coefficient (Wildman–Crippen LogP) is 6.38. The quantitative estimate of drug-likeness (QED) is 0.290. The molecule has 0 saturated heterocycles. The van der Waals surface area contributed by atoms with E-state index in [0.717, 1.165) is 29.7 Å². The number of carbonyl (C=O) groups excluding carboxylic acids is 2. The maximum Gasteiger partial charge on any atom is 0.283 e. The summed E-state index contributed by atoms with van der Waals surface area (Å²) >= 11 is 7.28. The number of hydrogen-bond donors (Lipinski definition) is 2. The number of phenols is 1. The van der Waals surface area contributed by atoms with Crippen molar-refractivity contribution in [3.63, 3.8) is 0 Å². The van der Waals surface area contributed by atoms with Crippen molar-refractivity contribution in [1.29, 1.82) is 0 Å². The topological polar surface area (TPSA) is 69.6 Å². The van der Waals surface area contributed by atoms with Gasteiger partial charge in [-0.2, -0.15) is 0 Å². The zero-order valence-corrected chi connectivity index (χ0v) is 19.6. The average molecular weight is 479 g/mol. The van der Waals surface area contributed by atoms with Crippen LogP contribution in [0.5, 0.6) is 5.75 Å². The van der Waals surface area contributed by atoms with Gasteiger partial charge in [0.2, 0.25) is 0 Å². The molecule has 0 unspecified atom stereocenters. The number of nitrogens with one attached hydrogen (secondary N) is 1. The molecule has 0 atom stereocenters. The fourth-order valence-electron chi connectivity index (χ4n) is 3.49. The summed E-state index contributed by atoms with van der Waals surface area (Å²) in [5.74, 6) is -0.978. The Morgan fingerprint density at radius 3 is 2.39 bits per heavy atom. The molecule has 0 aromatic heterocycles. The molecule has 0 radical (unpaired) electrons. The maximum absolute atomic E-state index is 13.4. The highest BCUT2D eigenvalue weighted by molar-refractivity contribution is 8.04. The molecule has 2 amide bonds. The number of rotatable bonds is 8. The average Bonchev–Trinajstić information content (AvgIpc) is 3.05. The van der Waals surface area contributed by atoms with Crippen molar-refractivity contribution in [1.82, 2.24) is 0 Å². The smallest absolute Gasteiger partial charge is 0.283 e. The Bertz CT molecular complexity index is 1210. The number of imide groups is 1. The molecule has 1 aliphatic heterocycles. The minimum absolute atomic E-state index is 0.0741. The zero-order chi connectivity index (χ0) is 23.4. The van der Waals surface area contributed by atoms with E-state index in [2.05, 4.69) is 12.2 Å². The van der Waals surface area contributed by atoms with Crippen molar-refractivity contribution in [2.45, 2.75) is 31.1 Å². The number of nitrogens with zero attached hydrogens (tertiary/aromatic N) is 1. The van der Waals surface area contributed by atoms with E-state index in [4.69, 9.17) is 11.6 Å². The van der Waals surface area contributed by atoms with Gasteiger partial charge in [0.05, 0.1) is 11.4 Å². The second-order valence-electron chi connectivity index (χ2n) is 7.62. The highest BCUT2D eigenvalue weighted by Gasteiger charge is 2.40. The first kappa shape index (κ1) is 23.0. The third-order valence-corrected chi connectivity index (χ3v) is 6.56. The van der Waals surface area contributed by atoms with Crippen molar-refractivity contribution < 1.29 is 14.7 Å². The highest BCUT2D eigenvalue weighted by atomic mass is 35.5. The standard InChI is InChI=1S/C26H23ClN2O3S/c1-2-3-7-17-10-13-19(14-11-17)29-25(31)23(28-21-16-18(27)12-15-22(21)30)24(26(29)32)33-20-8-5-4-6-9-20/h4-6,8-16,28,30H,2-3,7H2,1H3. The summed E-state index contributed by atoms with van der Waals surface area (Å²) < 4.78 is 0. The lowest BCUT2D eigenvalue weighted by atomic mass is 10.1. The fourth-order valence-corrected chi connectivity index (χ4v) is 4.61. The van der Waals surface area contributed by atoms with Crippen LogP contribution in [0.3, 0.4) is 0 Å². The molecule has 3 aromatic rings. The van der Waals surface area contributed by atoms with Gasteiger partial charge in [0.1, 0.15) is 16.4 Å². The van der Waals surface area contributed by atoms with Crippen molar-refractivity contribution >= 4 is 46.6 Å². The molecule has 2 N–H and O–H groups in total. The molecule has 0 fully saturated rings. The number of aryl methyl sites for hydroxylation is 1. The van der Waals surface area contributed by atoms with Crippen molar-refractivity contribution in [2.24, 2.45) is 0 Å². The molecule has 1 heterocycles. The second-order valence-corrected chi connectivity index (χ2v) is 9.14. The molecule has 168 valence electrons. The lowest BCUT2D eigenvalue weighted by Crippen LogP contribution is -2.32. The first-order valence-corrected chi connectivity index (χ1v) is 11.9. The van der Waals surface area contributed by atoms with E-state index < -0.39 is 11.8 Å². The van der Waals surface area contributed by atoms with E-state index in [1.54, 1.807) is 18.2 Å². The van der Waals surface area contributed by atoms with E-state index in [1.807, 2.05) is 42.5 Å². The summed E-state index contributed by atoms with van der Waals surface area (Å²) in [6, 6.07) is 21.3. The van der Waals surface area contributed by atoms with Crippen LogP contribution in [0, 0.1) is 0 Å². The van der Waals surface area contributed by atoms with Gasteiger partial charge in [0.15, 0.2) is 0 Å². The van der Waals surface area contributed by atoms with Gasteiger partial charge in [0, 0.05) is 9.92 Å². The van der Waals surface area contributed by atoms with Crippen LogP contribution in [0.4, 0.5) is 11.4 Å². The molecule has 33 heavy (non-hydrogen) atoms. The number of carbonyl (C=O) groups is 2. The Kier molecular flexibility index (Phi) is 7.06. The zero-order valence-electron chi connectivity index (χ0n) is 18.0. The van der Waals surface area contributed by atoms with Crippen LogP contribution >= 0.6 is 23.4 Å². The fraction of sp³-hybridized carbons (Fsp3) is 0.154. The number of benzene rings is 3. The summed E-state index contributed by atoms with van der Waals surface area (Å²) in [5, 5.41) is 13.6. The Labute approximate surface area is 202 Å². The van der Waals surface area contributed by atoms with Crippen LogP contribution in [0.25, 0.3) is 0 Å². The molecule has 1 aliphatic rings. The van der Waals surface area contributed by atoms with Crippen LogP contribution in [0.2, 0.25) is 5.02 Å². The summed E-state index contributed by atoms with van der Waals surface area (Å²) in [4.78, 5) is 29.1. The van der Waals surface area contributed by atoms with Crippen LogP contribution in [-0.4, -0.2) is 16.9 Å². The molecular weight excluding hydrogens is 456 g/mol. The van der Waals surface area contributed by atoms with E-state index >= 15 is 0 Å². The van der Waals surface area contributed by atoms with Gasteiger partial charge in [-0.1, -0.05) is 67.0 Å². The van der Waals surface area contributed by atoms with Gasteiger partial charge < -0.3 is 10.4 Å². The number of halogens is 1. The lowest BCUT2D eigenvalue weighted by molar-refractivity contribution is -0.120. The Morgan fingerprint density at radius 1 is 0.970 bits per heavy atom. The van der Waals surface area contributed by atoms with Gasteiger partial charge >= 0.3 is 0 Å². The largest absolute Gasteiger partial charge is 0.506 e. The highest BCUT2D eigenvalue weighted by Crippen LogP contribution is 2.39. The molecule has 0 spiro atoms. The molecular formula is C26H23ClN2O3S. The van der Waals surface area contributed by atoms with E-state index in [0.29, 0.717) is 10.7 Å². The van der Waals surface area contributed by atoms with Crippen LogP contribution in [-0.2, 0) is 16.0 Å². The number of anilines is 2.